The van der Waals surface area contributed by atoms with Crippen LogP contribution in [0.15, 0.2) is 12.3 Å². The average Bonchev–Trinajstić information content (AvgIpc) is 2.81. The van der Waals surface area contributed by atoms with Gasteiger partial charge in [0.2, 0.25) is 0 Å². The molecular weight excluding hydrogens is 275 g/mol. The van der Waals surface area contributed by atoms with Crippen molar-refractivity contribution in [1.29, 1.82) is 0 Å². The maximum Gasteiger partial charge on any atom is 0.255 e. The van der Waals surface area contributed by atoms with Crippen molar-refractivity contribution >= 4 is 29.1 Å². The second-order valence-electron chi connectivity index (χ2n) is 4.36. The monoisotopic (exact) mass is 288 g/mol. The minimum atomic E-state index is -0.0559. The Morgan fingerprint density at radius 3 is 3.06 bits per heavy atom. The van der Waals surface area contributed by atoms with E-state index >= 15 is 0 Å². The van der Waals surface area contributed by atoms with Crippen molar-refractivity contribution in [3.63, 3.8) is 0 Å². The summed E-state index contributed by atoms with van der Waals surface area (Å²) in [5.41, 5.74) is 0.475. The maximum atomic E-state index is 12.2. The Labute approximate surface area is 116 Å². The van der Waals surface area contributed by atoms with Gasteiger partial charge in [0.05, 0.1) is 17.2 Å². The Kier molecular flexibility index (Phi) is 4.43. The number of hydrogen-bond donors (Lipinski definition) is 0. The van der Waals surface area contributed by atoms with Gasteiger partial charge in [-0.15, -0.1) is 0 Å². The zero-order valence-electron chi connectivity index (χ0n) is 10.0. The van der Waals surface area contributed by atoms with Gasteiger partial charge in [-0.25, -0.2) is 4.98 Å². The van der Waals surface area contributed by atoms with Crippen molar-refractivity contribution < 1.29 is 9.53 Å². The third-order valence-corrected chi connectivity index (χ3v) is 3.70. The number of amides is 1. The van der Waals surface area contributed by atoms with Crippen LogP contribution in [0.2, 0.25) is 10.2 Å². The van der Waals surface area contributed by atoms with Crippen LogP contribution in [0.4, 0.5) is 0 Å². The van der Waals surface area contributed by atoms with Crippen molar-refractivity contribution in [2.24, 2.45) is 5.92 Å². The smallest absolute Gasteiger partial charge is 0.255 e. The van der Waals surface area contributed by atoms with Crippen LogP contribution in [-0.4, -0.2) is 42.6 Å². The quantitative estimate of drug-likeness (QED) is 0.803. The van der Waals surface area contributed by atoms with Crippen LogP contribution in [0.25, 0.3) is 0 Å². The molecule has 0 saturated carbocycles. The second-order valence-corrected chi connectivity index (χ2v) is 5.12. The largest absolute Gasteiger partial charge is 0.384 e. The number of methoxy groups -OCH3 is 1. The third-order valence-electron chi connectivity index (χ3n) is 3.02. The molecule has 0 spiro atoms. The van der Waals surface area contributed by atoms with E-state index in [4.69, 9.17) is 27.9 Å². The molecule has 0 aromatic carbocycles. The van der Waals surface area contributed by atoms with Crippen molar-refractivity contribution in [1.82, 2.24) is 9.88 Å². The minimum absolute atomic E-state index is 0.0559. The lowest BCUT2D eigenvalue weighted by atomic mass is 10.1. The van der Waals surface area contributed by atoms with Crippen LogP contribution in [-0.2, 0) is 4.74 Å². The Balaban J connectivity index is 2.05. The van der Waals surface area contributed by atoms with E-state index in [0.717, 1.165) is 13.0 Å². The van der Waals surface area contributed by atoms with Crippen LogP contribution in [0.1, 0.15) is 16.8 Å². The fraction of sp³-hybridized carbons (Fsp3) is 0.500. The van der Waals surface area contributed by atoms with E-state index in [1.165, 1.54) is 6.20 Å². The Morgan fingerprint density at radius 1 is 1.61 bits per heavy atom. The van der Waals surface area contributed by atoms with Crippen LogP contribution in [0.5, 0.6) is 0 Å². The number of nitrogens with zero attached hydrogens (tertiary/aromatic N) is 2. The van der Waals surface area contributed by atoms with E-state index in [-0.39, 0.29) is 11.1 Å². The van der Waals surface area contributed by atoms with E-state index in [2.05, 4.69) is 4.98 Å². The number of aromatic nitrogens is 1. The molecular formula is C12H14Cl2N2O2. The molecule has 1 atom stereocenters. The number of hydrogen-bond acceptors (Lipinski definition) is 3. The highest BCUT2D eigenvalue weighted by Crippen LogP contribution is 2.23. The van der Waals surface area contributed by atoms with Gasteiger partial charge in [0, 0.05) is 32.3 Å². The summed E-state index contributed by atoms with van der Waals surface area (Å²) < 4.78 is 5.11. The maximum absolute atomic E-state index is 12.2. The molecule has 1 aromatic heterocycles. The number of carbonyl (C=O) groups is 1. The molecule has 1 amide bonds. The number of rotatable bonds is 3. The lowest BCUT2D eigenvalue weighted by molar-refractivity contribution is 0.0775. The second kappa shape index (κ2) is 5.87. The molecule has 1 aliphatic heterocycles. The lowest BCUT2D eigenvalue weighted by Crippen LogP contribution is -2.29. The van der Waals surface area contributed by atoms with E-state index in [1.807, 2.05) is 0 Å². The molecule has 1 aliphatic rings. The van der Waals surface area contributed by atoms with Crippen molar-refractivity contribution in [3.05, 3.63) is 28.0 Å². The van der Waals surface area contributed by atoms with Gasteiger partial charge in [-0.1, -0.05) is 23.2 Å². The summed E-state index contributed by atoms with van der Waals surface area (Å²) in [5.74, 6) is 0.356. The highest BCUT2D eigenvalue weighted by molar-refractivity contribution is 6.41. The number of carbonyl (C=O) groups excluding carboxylic acids is 1. The van der Waals surface area contributed by atoms with Gasteiger partial charge in [-0.2, -0.15) is 0 Å². The normalized spacial score (nSPS) is 19.3. The topological polar surface area (TPSA) is 42.4 Å². The summed E-state index contributed by atoms with van der Waals surface area (Å²) in [7, 11) is 1.67. The summed E-state index contributed by atoms with van der Waals surface area (Å²) in [6.45, 7) is 2.14. The molecule has 4 nitrogen and oxygen atoms in total. The van der Waals surface area contributed by atoms with Gasteiger partial charge >= 0.3 is 0 Å². The van der Waals surface area contributed by atoms with Gasteiger partial charge < -0.3 is 9.64 Å². The molecule has 1 unspecified atom stereocenters. The molecule has 1 aromatic rings. The first-order valence-corrected chi connectivity index (χ1v) is 6.46. The van der Waals surface area contributed by atoms with Gasteiger partial charge in [-0.3, -0.25) is 4.79 Å². The number of pyridine rings is 1. The fourth-order valence-electron chi connectivity index (χ4n) is 2.11. The average molecular weight is 289 g/mol. The van der Waals surface area contributed by atoms with Crippen molar-refractivity contribution in [2.45, 2.75) is 6.42 Å². The van der Waals surface area contributed by atoms with E-state index in [9.17, 15) is 4.79 Å². The predicted octanol–water partition coefficient (Wildman–Crippen LogP) is 2.50. The predicted molar refractivity (Wildman–Crippen MR) is 70.1 cm³/mol. The standard InChI is InChI=1S/C12H14Cl2N2O2/c1-18-7-8-2-3-16(6-8)12(17)9-4-10(13)11(14)15-5-9/h4-5,8H,2-3,6-7H2,1H3. The van der Waals surface area contributed by atoms with E-state index in [1.54, 1.807) is 18.1 Å². The molecule has 18 heavy (non-hydrogen) atoms. The Hall–Kier alpha value is -0.840. The van der Waals surface area contributed by atoms with E-state index in [0.29, 0.717) is 29.7 Å². The van der Waals surface area contributed by atoms with Crippen molar-refractivity contribution in [3.8, 4) is 0 Å². The SMILES string of the molecule is COCC1CCN(C(=O)c2cnc(Cl)c(Cl)c2)C1. The van der Waals surface area contributed by atoms with Crippen LogP contribution in [0.3, 0.4) is 0 Å². The summed E-state index contributed by atoms with van der Waals surface area (Å²) >= 11 is 11.6. The first-order chi connectivity index (χ1) is 8.61. The molecule has 0 N–H and O–H groups in total. The van der Waals surface area contributed by atoms with Gasteiger partial charge in [0.25, 0.3) is 5.91 Å². The Morgan fingerprint density at radius 2 is 2.39 bits per heavy atom. The minimum Gasteiger partial charge on any atom is -0.384 e. The zero-order valence-corrected chi connectivity index (χ0v) is 11.5. The fourth-order valence-corrected chi connectivity index (χ4v) is 2.38. The molecule has 1 saturated heterocycles. The molecule has 1 fully saturated rings. The third kappa shape index (κ3) is 2.94. The molecule has 0 radical (unpaired) electrons. The van der Waals surface area contributed by atoms with Crippen LogP contribution in [0, 0.1) is 5.92 Å². The van der Waals surface area contributed by atoms with Gasteiger partial charge in [0.1, 0.15) is 5.15 Å². The zero-order chi connectivity index (χ0) is 13.1. The van der Waals surface area contributed by atoms with Crippen LogP contribution >= 0.6 is 23.2 Å². The number of likely N-dealkylation sites (tertiary alicyclic amines) is 1. The van der Waals surface area contributed by atoms with Crippen LogP contribution < -0.4 is 0 Å². The molecule has 2 rings (SSSR count). The molecule has 2 heterocycles. The van der Waals surface area contributed by atoms with Gasteiger partial charge in [0.15, 0.2) is 0 Å². The summed E-state index contributed by atoms with van der Waals surface area (Å²) in [4.78, 5) is 17.9. The van der Waals surface area contributed by atoms with Crippen molar-refractivity contribution in [2.75, 3.05) is 26.8 Å². The first kappa shape index (κ1) is 13.6. The molecule has 6 heteroatoms. The number of ether oxygens (including phenoxy) is 1. The van der Waals surface area contributed by atoms with E-state index < -0.39 is 0 Å². The first-order valence-electron chi connectivity index (χ1n) is 5.71. The molecule has 0 aliphatic carbocycles. The lowest BCUT2D eigenvalue weighted by Gasteiger charge is -2.16. The number of halogens is 2. The highest BCUT2D eigenvalue weighted by atomic mass is 35.5. The molecule has 0 bridgehead atoms. The summed E-state index contributed by atoms with van der Waals surface area (Å²) in [6.07, 6.45) is 2.43. The highest BCUT2D eigenvalue weighted by Gasteiger charge is 2.27. The summed E-state index contributed by atoms with van der Waals surface area (Å²) in [5, 5.41) is 0.516. The Bertz CT molecular complexity index is 454. The molecule has 98 valence electrons. The van der Waals surface area contributed by atoms with Gasteiger partial charge in [-0.05, 0) is 12.5 Å². The summed E-state index contributed by atoms with van der Waals surface area (Å²) in [6, 6.07) is 1.56.